The Hall–Kier alpha value is -9.96. The fraction of sp³-hybridized carbons (Fsp3) is 0.0164. The number of hydrogen-bond acceptors (Lipinski definition) is 7. The number of hydrogen-bond donors (Lipinski definition) is 0. The van der Waals surface area contributed by atoms with Crippen LogP contribution in [-0.2, 0) is 5.41 Å². The predicted molar refractivity (Wildman–Crippen MR) is 272 cm³/mol. The van der Waals surface area contributed by atoms with E-state index in [1.165, 1.54) is 0 Å². The van der Waals surface area contributed by atoms with Gasteiger partial charge in [-0.15, -0.1) is 0 Å². The molecule has 2 aliphatic heterocycles. The van der Waals surface area contributed by atoms with E-state index in [0.717, 1.165) is 111 Å². The second kappa shape index (κ2) is 14.0. The molecule has 15 rings (SSSR count). The van der Waals surface area contributed by atoms with Crippen LogP contribution < -0.4 is 14.4 Å². The highest BCUT2D eigenvalue weighted by Crippen LogP contribution is 2.64. The van der Waals surface area contributed by atoms with E-state index in [-0.39, 0.29) is 0 Å². The molecule has 0 unspecified atom stereocenters. The van der Waals surface area contributed by atoms with Crippen molar-refractivity contribution in [1.82, 2.24) is 19.1 Å². The topological polar surface area (TPSA) is 105 Å². The first-order valence-electron chi connectivity index (χ1n) is 23.1. The number of anilines is 3. The molecule has 1 spiro atoms. The lowest BCUT2D eigenvalue weighted by molar-refractivity contribution is 0.435. The summed E-state index contributed by atoms with van der Waals surface area (Å²) in [6.45, 7) is 0. The second-order valence-electron chi connectivity index (χ2n) is 17.9. The molecule has 6 heterocycles. The molecule has 0 saturated heterocycles. The maximum Gasteiger partial charge on any atom is 0.153 e. The van der Waals surface area contributed by atoms with Gasteiger partial charge >= 0.3 is 0 Å². The van der Waals surface area contributed by atoms with Gasteiger partial charge in [0.05, 0.1) is 90.6 Å². The van der Waals surface area contributed by atoms with Gasteiger partial charge in [0, 0.05) is 57.2 Å². The normalized spacial score (nSPS) is 13.4. The van der Waals surface area contributed by atoms with Crippen LogP contribution in [0.2, 0.25) is 0 Å². The van der Waals surface area contributed by atoms with E-state index in [4.69, 9.17) is 19.4 Å². The summed E-state index contributed by atoms with van der Waals surface area (Å²) in [4.78, 5) is 12.3. The molecule has 12 aromatic rings. The molecule has 70 heavy (non-hydrogen) atoms. The Morgan fingerprint density at radius 1 is 0.400 bits per heavy atom. The zero-order chi connectivity index (χ0) is 46.2. The van der Waals surface area contributed by atoms with E-state index in [0.29, 0.717) is 28.4 Å². The Kier molecular flexibility index (Phi) is 7.65. The molecule has 0 radical (unpaired) electrons. The number of pyridine rings is 2. The first kappa shape index (κ1) is 38.2. The number of fused-ring (bicyclic) bond motifs is 17. The number of ether oxygens (including phenoxy) is 2. The fourth-order valence-electron chi connectivity index (χ4n) is 11.7. The molecular weight excluding hydrogens is 863 g/mol. The summed E-state index contributed by atoms with van der Waals surface area (Å²) >= 11 is 0. The summed E-state index contributed by atoms with van der Waals surface area (Å²) < 4.78 is 18.6. The molecule has 3 aliphatic rings. The largest absolute Gasteiger partial charge is 0.457 e. The standard InChI is InChI=1S/C61H33N7O2/c62-34-36-20-25-49-42(30-36)40-10-1-3-14-47(40)66(49)39-23-27-52-57(33-39)69-54-18-6-5-16-51(54)67(52)38-22-24-44-56(32-38)70-55-19-7-17-53(68-48-15-4-2-11-41(48)43-31-37(35-63)21-26-50(43)68)58(55)61(44)45-12-8-28-64-59(45)60-46(61)13-9-29-65-60/h1-33H. The predicted octanol–water partition coefficient (Wildman–Crippen LogP) is 14.5. The van der Waals surface area contributed by atoms with Gasteiger partial charge in [0.2, 0.25) is 0 Å². The van der Waals surface area contributed by atoms with Gasteiger partial charge in [0.1, 0.15) is 11.5 Å². The lowest BCUT2D eigenvalue weighted by Crippen LogP contribution is -2.34. The lowest BCUT2D eigenvalue weighted by atomic mass is 9.65. The third-order valence-corrected chi connectivity index (χ3v) is 14.5. The maximum absolute atomic E-state index is 9.99. The molecular formula is C61H33N7O2. The van der Waals surface area contributed by atoms with E-state index in [1.54, 1.807) is 0 Å². The average molecular weight is 896 g/mol. The molecule has 324 valence electrons. The van der Waals surface area contributed by atoms with Crippen molar-refractivity contribution < 1.29 is 9.47 Å². The van der Waals surface area contributed by atoms with Gasteiger partial charge in [0.25, 0.3) is 0 Å². The Morgan fingerprint density at radius 2 is 0.957 bits per heavy atom. The minimum absolute atomic E-state index is 0.607. The smallest absolute Gasteiger partial charge is 0.153 e. The van der Waals surface area contributed by atoms with Crippen LogP contribution in [0.4, 0.5) is 17.1 Å². The summed E-state index contributed by atoms with van der Waals surface area (Å²) in [7, 11) is 0. The van der Waals surface area contributed by atoms with Crippen molar-refractivity contribution in [2.24, 2.45) is 0 Å². The van der Waals surface area contributed by atoms with E-state index in [2.05, 4.69) is 135 Å². The number of nitrogens with zero attached hydrogens (tertiary/aromatic N) is 7. The highest BCUT2D eigenvalue weighted by atomic mass is 16.5. The fourth-order valence-corrected chi connectivity index (χ4v) is 11.7. The third-order valence-electron chi connectivity index (χ3n) is 14.5. The van der Waals surface area contributed by atoms with Crippen LogP contribution in [0.25, 0.3) is 66.4 Å². The molecule has 9 heteroatoms. The number of nitriles is 2. The Labute approximate surface area is 400 Å². The minimum atomic E-state index is -0.901. The zero-order valence-electron chi connectivity index (χ0n) is 37.0. The van der Waals surface area contributed by atoms with Crippen molar-refractivity contribution in [2.45, 2.75) is 5.41 Å². The van der Waals surface area contributed by atoms with E-state index in [9.17, 15) is 10.5 Å². The van der Waals surface area contributed by atoms with Crippen molar-refractivity contribution in [2.75, 3.05) is 4.90 Å². The second-order valence-corrected chi connectivity index (χ2v) is 17.9. The van der Waals surface area contributed by atoms with Gasteiger partial charge < -0.3 is 23.5 Å². The summed E-state index contributed by atoms with van der Waals surface area (Å²) in [5.41, 5.74) is 14.6. The van der Waals surface area contributed by atoms with Crippen LogP contribution in [0.3, 0.4) is 0 Å². The van der Waals surface area contributed by atoms with Gasteiger partial charge in [-0.1, -0.05) is 72.8 Å². The highest BCUT2D eigenvalue weighted by molar-refractivity contribution is 6.11. The van der Waals surface area contributed by atoms with Crippen LogP contribution in [0.15, 0.2) is 200 Å². The molecule has 9 nitrogen and oxygen atoms in total. The summed E-state index contributed by atoms with van der Waals surface area (Å²) in [6.07, 6.45) is 3.69. The first-order valence-corrected chi connectivity index (χ1v) is 23.1. The molecule has 0 saturated carbocycles. The van der Waals surface area contributed by atoms with Crippen molar-refractivity contribution in [3.05, 3.63) is 234 Å². The Bertz CT molecular complexity index is 4330. The summed E-state index contributed by atoms with van der Waals surface area (Å²) in [5, 5.41) is 23.9. The number of benzene rings is 8. The maximum atomic E-state index is 9.99. The minimum Gasteiger partial charge on any atom is -0.457 e. The number of rotatable bonds is 3. The molecule has 4 aromatic heterocycles. The Balaban J connectivity index is 0.955. The first-order chi connectivity index (χ1) is 34.6. The third kappa shape index (κ3) is 4.96. The van der Waals surface area contributed by atoms with Gasteiger partial charge in [0.15, 0.2) is 11.5 Å². The lowest BCUT2D eigenvalue weighted by Gasteiger charge is -2.41. The van der Waals surface area contributed by atoms with E-state index in [1.807, 2.05) is 91.3 Å². The van der Waals surface area contributed by atoms with Crippen molar-refractivity contribution in [1.29, 1.82) is 10.5 Å². The van der Waals surface area contributed by atoms with Crippen LogP contribution >= 0.6 is 0 Å². The van der Waals surface area contributed by atoms with Crippen LogP contribution in [0.1, 0.15) is 33.4 Å². The van der Waals surface area contributed by atoms with Gasteiger partial charge in [-0.05, 0) is 114 Å². The molecule has 0 bridgehead atoms. The number of aromatic nitrogens is 4. The van der Waals surface area contributed by atoms with Gasteiger partial charge in [-0.3, -0.25) is 9.97 Å². The average Bonchev–Trinajstić information content (AvgIpc) is 4.04. The van der Waals surface area contributed by atoms with Crippen LogP contribution in [0.5, 0.6) is 23.0 Å². The SMILES string of the molecule is N#Cc1ccc2c(c1)c1ccccc1n2-c1ccc2c(c1)Oc1ccccc1N2c1ccc2c(c1)Oc1cccc(-n3c4ccccc4c4cc(C#N)ccc43)c1C21c2cccnc2-c2ncccc21. The van der Waals surface area contributed by atoms with Crippen LogP contribution in [-0.4, -0.2) is 19.1 Å². The molecule has 8 aromatic carbocycles. The quantitative estimate of drug-likeness (QED) is 0.174. The molecule has 0 atom stereocenters. The highest BCUT2D eigenvalue weighted by Gasteiger charge is 2.54. The Morgan fingerprint density at radius 3 is 1.67 bits per heavy atom. The summed E-state index contributed by atoms with van der Waals surface area (Å²) in [5.74, 6) is 2.85. The summed E-state index contributed by atoms with van der Waals surface area (Å²) in [6, 6.07) is 68.9. The van der Waals surface area contributed by atoms with E-state index < -0.39 is 5.41 Å². The van der Waals surface area contributed by atoms with Crippen molar-refractivity contribution >= 4 is 60.7 Å². The molecule has 0 fully saturated rings. The van der Waals surface area contributed by atoms with Gasteiger partial charge in [-0.2, -0.15) is 10.5 Å². The molecule has 0 N–H and O–H groups in total. The zero-order valence-corrected chi connectivity index (χ0v) is 37.0. The monoisotopic (exact) mass is 895 g/mol. The molecule has 1 aliphatic carbocycles. The van der Waals surface area contributed by atoms with E-state index >= 15 is 0 Å². The number of para-hydroxylation sites is 4. The van der Waals surface area contributed by atoms with Crippen LogP contribution in [0, 0.1) is 22.7 Å². The van der Waals surface area contributed by atoms with Crippen molar-refractivity contribution in [3.8, 4) is 57.9 Å². The molecule has 0 amide bonds. The van der Waals surface area contributed by atoms with Crippen molar-refractivity contribution in [3.63, 3.8) is 0 Å². The van der Waals surface area contributed by atoms with Gasteiger partial charge in [-0.25, -0.2) is 0 Å².